The summed E-state index contributed by atoms with van der Waals surface area (Å²) in [4.78, 5) is 2.31. The van der Waals surface area contributed by atoms with Gasteiger partial charge in [-0.3, -0.25) is 0 Å². The first-order valence-electron chi connectivity index (χ1n) is 6.68. The largest absolute Gasteiger partial charge is 0.497 e. The van der Waals surface area contributed by atoms with Crippen molar-refractivity contribution in [2.45, 2.75) is 12.8 Å². The molecule has 0 atom stereocenters. The van der Waals surface area contributed by atoms with Gasteiger partial charge in [0.25, 0.3) is 0 Å². The second kappa shape index (κ2) is 6.62. The summed E-state index contributed by atoms with van der Waals surface area (Å²) in [6.07, 6.45) is 2.24. The third-order valence-electron chi connectivity index (χ3n) is 3.90. The van der Waals surface area contributed by atoms with E-state index in [0.29, 0.717) is 5.41 Å². The van der Waals surface area contributed by atoms with Gasteiger partial charge >= 0.3 is 0 Å². The average molecular weight is 328 g/mol. The fourth-order valence-electron chi connectivity index (χ4n) is 2.58. The number of rotatable bonds is 5. The maximum Gasteiger partial charge on any atom is 0.120 e. The highest BCUT2D eigenvalue weighted by Gasteiger charge is 2.32. The average Bonchev–Trinajstić information content (AvgIpc) is 2.48. The molecular formula is C15H22BrNO2. The minimum atomic E-state index is 0.316. The van der Waals surface area contributed by atoms with Crippen LogP contribution >= 0.6 is 15.9 Å². The lowest BCUT2D eigenvalue weighted by Crippen LogP contribution is -2.41. The summed E-state index contributed by atoms with van der Waals surface area (Å²) in [5.74, 6) is 0.907. The Bertz CT molecular complexity index is 405. The van der Waals surface area contributed by atoms with Gasteiger partial charge in [-0.25, -0.2) is 0 Å². The van der Waals surface area contributed by atoms with Crippen LogP contribution in [0.4, 0.5) is 5.69 Å². The molecular weight excluding hydrogens is 306 g/mol. The molecule has 0 unspecified atom stereocenters. The van der Waals surface area contributed by atoms with Crippen LogP contribution in [0.3, 0.4) is 0 Å². The van der Waals surface area contributed by atoms with Crippen molar-refractivity contribution in [3.8, 4) is 5.75 Å². The minimum absolute atomic E-state index is 0.316. The molecule has 1 fully saturated rings. The number of nitrogens with zero attached hydrogens (tertiary/aromatic N) is 1. The fourth-order valence-corrected chi connectivity index (χ4v) is 3.32. The Labute approximate surface area is 124 Å². The molecule has 0 bridgehead atoms. The van der Waals surface area contributed by atoms with E-state index in [1.165, 1.54) is 5.69 Å². The van der Waals surface area contributed by atoms with Crippen LogP contribution in [0.2, 0.25) is 0 Å². The molecule has 19 heavy (non-hydrogen) atoms. The Hall–Kier alpha value is -0.740. The summed E-state index contributed by atoms with van der Waals surface area (Å²) < 4.78 is 10.8. The molecule has 0 N–H and O–H groups in total. The van der Waals surface area contributed by atoms with Gasteiger partial charge in [0.05, 0.1) is 7.11 Å². The molecule has 1 aliphatic rings. The van der Waals surface area contributed by atoms with Crippen molar-refractivity contribution in [1.29, 1.82) is 0 Å². The lowest BCUT2D eigenvalue weighted by atomic mass is 9.82. The molecule has 0 aliphatic carbocycles. The Morgan fingerprint density at radius 3 is 2.74 bits per heavy atom. The SMILES string of the molecule is COc1cccc(N(C)CC2(CBr)CCOCC2)c1. The number of hydrogen-bond donors (Lipinski definition) is 0. The van der Waals surface area contributed by atoms with Crippen LogP contribution < -0.4 is 9.64 Å². The van der Waals surface area contributed by atoms with E-state index in [1.54, 1.807) is 7.11 Å². The normalized spacial score (nSPS) is 18.1. The quantitative estimate of drug-likeness (QED) is 0.774. The lowest BCUT2D eigenvalue weighted by molar-refractivity contribution is 0.0304. The smallest absolute Gasteiger partial charge is 0.120 e. The van der Waals surface area contributed by atoms with Crippen molar-refractivity contribution in [3.63, 3.8) is 0 Å². The number of alkyl halides is 1. The minimum Gasteiger partial charge on any atom is -0.497 e. The molecule has 0 spiro atoms. The van der Waals surface area contributed by atoms with E-state index in [1.807, 2.05) is 12.1 Å². The number of halogens is 1. The fraction of sp³-hybridized carbons (Fsp3) is 0.600. The van der Waals surface area contributed by atoms with Gasteiger partial charge in [0.1, 0.15) is 5.75 Å². The Balaban J connectivity index is 2.07. The molecule has 1 aromatic rings. The summed E-state index contributed by atoms with van der Waals surface area (Å²) in [7, 11) is 3.85. The first-order valence-corrected chi connectivity index (χ1v) is 7.80. The maximum absolute atomic E-state index is 5.49. The van der Waals surface area contributed by atoms with E-state index in [2.05, 4.69) is 40.0 Å². The van der Waals surface area contributed by atoms with Gasteiger partial charge in [-0.1, -0.05) is 22.0 Å². The van der Waals surface area contributed by atoms with Crippen molar-refractivity contribution < 1.29 is 9.47 Å². The van der Waals surface area contributed by atoms with Gasteiger partial charge in [-0.15, -0.1) is 0 Å². The highest BCUT2D eigenvalue weighted by Crippen LogP contribution is 2.34. The van der Waals surface area contributed by atoms with E-state index in [-0.39, 0.29) is 0 Å². The standard InChI is InChI=1S/C15H22BrNO2/c1-17(13-4-3-5-14(10-13)18-2)12-15(11-16)6-8-19-9-7-15/h3-5,10H,6-9,11-12H2,1-2H3. The second-order valence-electron chi connectivity index (χ2n) is 5.30. The molecule has 3 nitrogen and oxygen atoms in total. The van der Waals surface area contributed by atoms with E-state index < -0.39 is 0 Å². The van der Waals surface area contributed by atoms with Gasteiger partial charge in [-0.05, 0) is 25.0 Å². The van der Waals surface area contributed by atoms with Crippen molar-refractivity contribution in [2.24, 2.45) is 5.41 Å². The predicted octanol–water partition coefficient (Wildman–Crippen LogP) is 3.32. The predicted molar refractivity (Wildman–Crippen MR) is 82.5 cm³/mol. The topological polar surface area (TPSA) is 21.7 Å². The zero-order chi connectivity index (χ0) is 13.7. The molecule has 2 rings (SSSR count). The van der Waals surface area contributed by atoms with E-state index in [9.17, 15) is 0 Å². The number of anilines is 1. The van der Waals surface area contributed by atoms with Crippen LogP contribution in [0.15, 0.2) is 24.3 Å². The molecule has 4 heteroatoms. The Morgan fingerprint density at radius 2 is 2.11 bits per heavy atom. The summed E-state index contributed by atoms with van der Waals surface area (Å²) in [5.41, 5.74) is 1.52. The summed E-state index contributed by atoms with van der Waals surface area (Å²) in [6.45, 7) is 2.78. The van der Waals surface area contributed by atoms with Gasteiger partial charge in [0.15, 0.2) is 0 Å². The van der Waals surface area contributed by atoms with Crippen LogP contribution in [-0.2, 0) is 4.74 Å². The highest BCUT2D eigenvalue weighted by atomic mass is 79.9. The third kappa shape index (κ3) is 3.63. The van der Waals surface area contributed by atoms with Gasteiger partial charge in [0, 0.05) is 49.3 Å². The van der Waals surface area contributed by atoms with Crippen LogP contribution in [-0.4, -0.2) is 39.2 Å². The van der Waals surface area contributed by atoms with E-state index >= 15 is 0 Å². The molecule has 0 aromatic heterocycles. The molecule has 0 radical (unpaired) electrons. The van der Waals surface area contributed by atoms with E-state index in [0.717, 1.165) is 43.7 Å². The lowest BCUT2D eigenvalue weighted by Gasteiger charge is -2.39. The summed E-state index contributed by atoms with van der Waals surface area (Å²) in [5, 5.41) is 1.03. The number of methoxy groups -OCH3 is 1. The first kappa shape index (κ1) is 14.7. The zero-order valence-electron chi connectivity index (χ0n) is 11.7. The molecule has 1 aliphatic heterocycles. The molecule has 1 heterocycles. The molecule has 106 valence electrons. The highest BCUT2D eigenvalue weighted by molar-refractivity contribution is 9.09. The van der Waals surface area contributed by atoms with Crippen LogP contribution in [0.5, 0.6) is 5.75 Å². The van der Waals surface area contributed by atoms with Crippen LogP contribution in [0.25, 0.3) is 0 Å². The van der Waals surface area contributed by atoms with Crippen LogP contribution in [0, 0.1) is 5.41 Å². The second-order valence-corrected chi connectivity index (χ2v) is 5.86. The monoisotopic (exact) mass is 327 g/mol. The summed E-state index contributed by atoms with van der Waals surface area (Å²) in [6, 6.07) is 8.23. The molecule has 0 amide bonds. The van der Waals surface area contributed by atoms with Crippen molar-refractivity contribution in [3.05, 3.63) is 24.3 Å². The van der Waals surface area contributed by atoms with E-state index in [4.69, 9.17) is 9.47 Å². The first-order chi connectivity index (χ1) is 9.19. The number of hydrogen-bond acceptors (Lipinski definition) is 3. The molecule has 1 aromatic carbocycles. The van der Waals surface area contributed by atoms with Crippen molar-refractivity contribution in [1.82, 2.24) is 0 Å². The maximum atomic E-state index is 5.49. The van der Waals surface area contributed by atoms with Crippen molar-refractivity contribution >= 4 is 21.6 Å². The van der Waals surface area contributed by atoms with Crippen LogP contribution in [0.1, 0.15) is 12.8 Å². The third-order valence-corrected chi connectivity index (χ3v) is 5.09. The van der Waals surface area contributed by atoms with Gasteiger partial charge < -0.3 is 14.4 Å². The zero-order valence-corrected chi connectivity index (χ0v) is 13.3. The number of ether oxygens (including phenoxy) is 2. The Kier molecular flexibility index (Phi) is 5.11. The van der Waals surface area contributed by atoms with Gasteiger partial charge in [-0.2, -0.15) is 0 Å². The van der Waals surface area contributed by atoms with Gasteiger partial charge in [0.2, 0.25) is 0 Å². The summed E-state index contributed by atoms with van der Waals surface area (Å²) >= 11 is 3.69. The van der Waals surface area contributed by atoms with Crippen molar-refractivity contribution in [2.75, 3.05) is 44.1 Å². The number of benzene rings is 1. The Morgan fingerprint density at radius 1 is 1.37 bits per heavy atom. The molecule has 0 saturated carbocycles. The molecule has 1 saturated heterocycles.